The number of hydrogen-bond acceptors (Lipinski definition) is 6. The molecule has 1 aliphatic heterocycles. The van der Waals surface area contributed by atoms with E-state index in [4.69, 9.17) is 4.98 Å². The van der Waals surface area contributed by atoms with Crippen molar-refractivity contribution in [2.45, 2.75) is 50.5 Å². The minimum Gasteiger partial charge on any atom is -0.352 e. The summed E-state index contributed by atoms with van der Waals surface area (Å²) in [5, 5.41) is 10.0. The molecular formula is C26H28N6O. The Morgan fingerprint density at radius 2 is 1.94 bits per heavy atom. The van der Waals surface area contributed by atoms with Crippen molar-refractivity contribution >= 4 is 17.8 Å². The number of hydrogen-bond donors (Lipinski definition) is 0. The predicted octanol–water partition coefficient (Wildman–Crippen LogP) is 3.77. The fourth-order valence-electron chi connectivity index (χ4n) is 5.05. The molecule has 1 saturated heterocycles. The first kappa shape index (κ1) is 20.3. The summed E-state index contributed by atoms with van der Waals surface area (Å²) in [7, 11) is 0. The molecule has 33 heavy (non-hydrogen) atoms. The third-order valence-corrected chi connectivity index (χ3v) is 7.35. The fourth-order valence-corrected chi connectivity index (χ4v) is 5.05. The van der Waals surface area contributed by atoms with Crippen LogP contribution in [-0.2, 0) is 4.79 Å². The zero-order valence-electron chi connectivity index (χ0n) is 18.8. The second-order valence-corrected chi connectivity index (χ2v) is 9.87. The van der Waals surface area contributed by atoms with Crippen molar-refractivity contribution in [2.24, 2.45) is 11.8 Å². The smallest absolute Gasteiger partial charge is 0.226 e. The summed E-state index contributed by atoms with van der Waals surface area (Å²) < 4.78 is 0. The maximum absolute atomic E-state index is 12.9. The van der Waals surface area contributed by atoms with Crippen LogP contribution in [0, 0.1) is 23.2 Å². The minimum atomic E-state index is 0.236. The van der Waals surface area contributed by atoms with E-state index in [-0.39, 0.29) is 12.0 Å². The third-order valence-electron chi connectivity index (χ3n) is 7.35. The largest absolute Gasteiger partial charge is 0.352 e. The summed E-state index contributed by atoms with van der Waals surface area (Å²) in [4.78, 5) is 31.4. The van der Waals surface area contributed by atoms with Gasteiger partial charge in [0.1, 0.15) is 11.9 Å². The van der Waals surface area contributed by atoms with Crippen molar-refractivity contribution < 1.29 is 4.79 Å². The Labute approximate surface area is 194 Å². The van der Waals surface area contributed by atoms with Gasteiger partial charge >= 0.3 is 0 Å². The van der Waals surface area contributed by atoms with Gasteiger partial charge in [0.15, 0.2) is 0 Å². The van der Waals surface area contributed by atoms with E-state index >= 15 is 0 Å². The van der Waals surface area contributed by atoms with E-state index in [1.807, 2.05) is 6.07 Å². The van der Waals surface area contributed by atoms with Gasteiger partial charge in [-0.25, -0.2) is 9.97 Å². The van der Waals surface area contributed by atoms with Gasteiger partial charge < -0.3 is 9.80 Å². The van der Waals surface area contributed by atoms with E-state index in [0.717, 1.165) is 68.1 Å². The summed E-state index contributed by atoms with van der Waals surface area (Å²) in [6.45, 7) is 6.00. The molecule has 1 atom stereocenters. The topological polar surface area (TPSA) is 86.0 Å². The monoisotopic (exact) mass is 440 g/mol. The molecule has 0 radical (unpaired) electrons. The van der Waals surface area contributed by atoms with Crippen molar-refractivity contribution in [1.82, 2.24) is 19.9 Å². The highest BCUT2D eigenvalue weighted by molar-refractivity contribution is 5.82. The first-order chi connectivity index (χ1) is 16.2. The zero-order chi connectivity index (χ0) is 22.5. The van der Waals surface area contributed by atoms with Crippen LogP contribution in [0.15, 0.2) is 25.0 Å². The Morgan fingerprint density at radius 3 is 2.61 bits per heavy atom. The molecule has 2 aromatic rings. The highest BCUT2D eigenvalue weighted by Crippen LogP contribution is 2.45. The molecule has 3 saturated carbocycles. The summed E-state index contributed by atoms with van der Waals surface area (Å²) >= 11 is 0. The Balaban J connectivity index is 1.35. The van der Waals surface area contributed by atoms with E-state index in [1.54, 1.807) is 18.5 Å². The number of carbonyl (C=O) groups is 1. The first-order valence-corrected chi connectivity index (χ1v) is 12.1. The minimum absolute atomic E-state index is 0.236. The Hall–Kier alpha value is -3.27. The molecule has 1 unspecified atom stereocenters. The lowest BCUT2D eigenvalue weighted by molar-refractivity contribution is -0.135. The van der Waals surface area contributed by atoms with Crippen molar-refractivity contribution in [1.29, 1.82) is 5.26 Å². The third kappa shape index (κ3) is 3.88. The maximum atomic E-state index is 12.9. The molecule has 1 amide bonds. The zero-order valence-corrected chi connectivity index (χ0v) is 18.8. The van der Waals surface area contributed by atoms with Crippen LogP contribution in [0.1, 0.15) is 61.4 Å². The molecule has 4 aliphatic rings. The van der Waals surface area contributed by atoms with Gasteiger partial charge in [0.2, 0.25) is 5.91 Å². The number of carbonyl (C=O) groups excluding carboxylic acids is 1. The van der Waals surface area contributed by atoms with Gasteiger partial charge in [0.05, 0.1) is 41.1 Å². The van der Waals surface area contributed by atoms with Gasteiger partial charge in [-0.15, -0.1) is 0 Å². The molecule has 7 heteroatoms. The molecule has 6 rings (SSSR count). The van der Waals surface area contributed by atoms with E-state index in [0.29, 0.717) is 29.0 Å². The molecule has 3 aliphatic carbocycles. The average Bonchev–Trinajstić information content (AvgIpc) is 3.72. The molecule has 2 aromatic heterocycles. The van der Waals surface area contributed by atoms with Crippen LogP contribution in [0.2, 0.25) is 0 Å². The second-order valence-electron chi connectivity index (χ2n) is 9.87. The second kappa shape index (κ2) is 7.95. The van der Waals surface area contributed by atoms with E-state index in [2.05, 4.69) is 32.4 Å². The van der Waals surface area contributed by atoms with Crippen LogP contribution < -0.4 is 4.90 Å². The fraction of sp³-hybridized carbons (Fsp3) is 0.500. The van der Waals surface area contributed by atoms with E-state index in [9.17, 15) is 10.1 Å². The van der Waals surface area contributed by atoms with Crippen molar-refractivity contribution in [3.63, 3.8) is 0 Å². The highest BCUT2D eigenvalue weighted by atomic mass is 16.2. The summed E-state index contributed by atoms with van der Waals surface area (Å²) in [5.74, 6) is 2.34. The Kier molecular flexibility index (Phi) is 4.90. The van der Waals surface area contributed by atoms with Crippen molar-refractivity contribution in [3.8, 4) is 17.3 Å². The summed E-state index contributed by atoms with van der Waals surface area (Å²) in [6.07, 6.45) is 11.8. The van der Waals surface area contributed by atoms with Crippen LogP contribution in [0.25, 0.3) is 17.3 Å². The molecule has 0 aromatic carbocycles. The van der Waals surface area contributed by atoms with Gasteiger partial charge in [0, 0.05) is 37.0 Å². The Morgan fingerprint density at radius 1 is 1.12 bits per heavy atom. The molecule has 4 fully saturated rings. The van der Waals surface area contributed by atoms with Crippen LogP contribution in [-0.4, -0.2) is 51.4 Å². The predicted molar refractivity (Wildman–Crippen MR) is 125 cm³/mol. The lowest BCUT2D eigenvalue weighted by Crippen LogP contribution is -2.57. The van der Waals surface area contributed by atoms with Crippen LogP contribution in [0.3, 0.4) is 0 Å². The lowest BCUT2D eigenvalue weighted by atomic mass is 10.0. The average molecular weight is 441 g/mol. The van der Waals surface area contributed by atoms with Gasteiger partial charge in [-0.05, 0) is 56.6 Å². The molecular weight excluding hydrogens is 412 g/mol. The van der Waals surface area contributed by atoms with Gasteiger partial charge in [-0.2, -0.15) is 5.26 Å². The lowest BCUT2D eigenvalue weighted by Gasteiger charge is -2.43. The number of amides is 1. The maximum Gasteiger partial charge on any atom is 0.226 e. The number of aromatic nitrogens is 3. The van der Waals surface area contributed by atoms with E-state index in [1.165, 1.54) is 12.8 Å². The molecule has 0 bridgehead atoms. The first-order valence-electron chi connectivity index (χ1n) is 12.1. The summed E-state index contributed by atoms with van der Waals surface area (Å²) in [5.41, 5.74) is 3.92. The van der Waals surface area contributed by atoms with Gasteiger partial charge in [0.25, 0.3) is 0 Å². The number of pyridine rings is 1. The van der Waals surface area contributed by atoms with Crippen molar-refractivity contribution in [2.75, 3.05) is 24.5 Å². The van der Waals surface area contributed by atoms with E-state index < -0.39 is 0 Å². The molecule has 7 nitrogen and oxygen atoms in total. The number of nitriles is 1. The quantitative estimate of drug-likeness (QED) is 0.680. The standard InChI is InChI=1S/C26H28N6O/c1-2-20-13-28-14-22(29-20)21-11-19(12-27)25(30-24(21)17-5-6-17)31-9-10-32(26(33)18-7-8-18)23(15-31)16-3-4-16/h2,11,13-14,16-18,23H,1,3-10,15H2. The number of nitrogens with zero attached hydrogens (tertiary/aromatic N) is 6. The normalized spacial score (nSPS) is 22.7. The van der Waals surface area contributed by atoms with Gasteiger partial charge in [-0.1, -0.05) is 6.58 Å². The molecule has 0 spiro atoms. The highest BCUT2D eigenvalue weighted by Gasteiger charge is 2.45. The van der Waals surface area contributed by atoms with Crippen LogP contribution in [0.5, 0.6) is 0 Å². The Bertz CT molecular complexity index is 1160. The number of rotatable bonds is 6. The van der Waals surface area contributed by atoms with Gasteiger partial charge in [-0.3, -0.25) is 9.78 Å². The van der Waals surface area contributed by atoms with Crippen LogP contribution in [0.4, 0.5) is 5.82 Å². The number of anilines is 1. The number of piperazine rings is 1. The summed E-state index contributed by atoms with van der Waals surface area (Å²) in [6, 6.07) is 4.57. The SMILES string of the molecule is C=Cc1cncc(-c2cc(C#N)c(N3CCN(C(=O)C4CC4)C(C4CC4)C3)nc2C2CC2)n1. The van der Waals surface area contributed by atoms with Crippen molar-refractivity contribution in [3.05, 3.63) is 42.0 Å². The molecule has 0 N–H and O–H groups in total. The molecule has 168 valence electrons. The van der Waals surface area contributed by atoms with Crippen LogP contribution >= 0.6 is 0 Å². The molecule has 3 heterocycles.